The first kappa shape index (κ1) is 15.7. The molecule has 0 heterocycles. The number of nitro benzene ring substituents is 1. The maximum absolute atomic E-state index is 13.1. The van der Waals surface area contributed by atoms with Crippen molar-refractivity contribution in [3.63, 3.8) is 0 Å². The molecule has 0 aliphatic rings. The smallest absolute Gasteiger partial charge is 0.271 e. The SMILES string of the molecule is CC(Nc1cc([N+](=O)[O-])ccc1Br)c1ccc(F)cc1Cl. The molecule has 1 N–H and O–H groups in total. The van der Waals surface area contributed by atoms with Crippen LogP contribution >= 0.6 is 27.5 Å². The van der Waals surface area contributed by atoms with E-state index < -0.39 is 10.7 Å². The van der Waals surface area contributed by atoms with Gasteiger partial charge in [-0.25, -0.2) is 4.39 Å². The van der Waals surface area contributed by atoms with Gasteiger partial charge in [-0.15, -0.1) is 0 Å². The third-order valence-corrected chi connectivity index (χ3v) is 3.98. The van der Waals surface area contributed by atoms with Gasteiger partial charge in [0.05, 0.1) is 16.7 Å². The van der Waals surface area contributed by atoms with Gasteiger partial charge in [-0.2, -0.15) is 0 Å². The third-order valence-electron chi connectivity index (χ3n) is 2.96. The first-order valence-electron chi connectivity index (χ1n) is 6.04. The minimum absolute atomic E-state index is 0.0156. The molecule has 0 amide bonds. The number of nitrogens with zero attached hydrogens (tertiary/aromatic N) is 1. The molecule has 1 atom stereocenters. The molecule has 2 aromatic carbocycles. The summed E-state index contributed by atoms with van der Waals surface area (Å²) in [7, 11) is 0. The lowest BCUT2D eigenvalue weighted by atomic mass is 10.1. The van der Waals surface area contributed by atoms with E-state index in [0.29, 0.717) is 20.7 Å². The molecular formula is C14H11BrClFN2O2. The Morgan fingerprint density at radius 1 is 1.33 bits per heavy atom. The number of non-ortho nitro benzene ring substituents is 1. The van der Waals surface area contributed by atoms with Crippen molar-refractivity contribution in [2.75, 3.05) is 5.32 Å². The van der Waals surface area contributed by atoms with Crippen molar-refractivity contribution in [3.8, 4) is 0 Å². The largest absolute Gasteiger partial charge is 0.377 e. The van der Waals surface area contributed by atoms with Gasteiger partial charge in [0.1, 0.15) is 5.82 Å². The fourth-order valence-corrected chi connectivity index (χ4v) is 2.59. The van der Waals surface area contributed by atoms with Gasteiger partial charge in [-0.1, -0.05) is 17.7 Å². The molecule has 0 bridgehead atoms. The number of benzene rings is 2. The molecule has 0 aliphatic heterocycles. The van der Waals surface area contributed by atoms with E-state index in [-0.39, 0.29) is 11.7 Å². The highest BCUT2D eigenvalue weighted by molar-refractivity contribution is 9.10. The van der Waals surface area contributed by atoms with E-state index in [1.807, 2.05) is 6.92 Å². The Morgan fingerprint density at radius 3 is 2.67 bits per heavy atom. The highest BCUT2D eigenvalue weighted by Crippen LogP contribution is 2.32. The van der Waals surface area contributed by atoms with Crippen LogP contribution in [0.5, 0.6) is 0 Å². The van der Waals surface area contributed by atoms with Crippen molar-refractivity contribution < 1.29 is 9.31 Å². The van der Waals surface area contributed by atoms with Crippen LogP contribution in [0.15, 0.2) is 40.9 Å². The first-order chi connectivity index (χ1) is 9.88. The van der Waals surface area contributed by atoms with Gasteiger partial charge in [0.15, 0.2) is 0 Å². The highest BCUT2D eigenvalue weighted by Gasteiger charge is 2.14. The van der Waals surface area contributed by atoms with E-state index in [1.165, 1.54) is 24.3 Å². The summed E-state index contributed by atoms with van der Waals surface area (Å²) < 4.78 is 13.7. The van der Waals surface area contributed by atoms with Crippen LogP contribution in [0.2, 0.25) is 5.02 Å². The second-order valence-electron chi connectivity index (χ2n) is 4.45. The monoisotopic (exact) mass is 372 g/mol. The Labute approximate surface area is 134 Å². The molecule has 1 unspecified atom stereocenters. The lowest BCUT2D eigenvalue weighted by Crippen LogP contribution is -2.08. The van der Waals surface area contributed by atoms with Gasteiger partial charge >= 0.3 is 0 Å². The molecule has 0 saturated heterocycles. The molecule has 21 heavy (non-hydrogen) atoms. The first-order valence-corrected chi connectivity index (χ1v) is 7.21. The lowest BCUT2D eigenvalue weighted by molar-refractivity contribution is -0.384. The van der Waals surface area contributed by atoms with Gasteiger partial charge in [-0.3, -0.25) is 10.1 Å². The van der Waals surface area contributed by atoms with Crippen molar-refractivity contribution in [1.29, 1.82) is 0 Å². The maximum Gasteiger partial charge on any atom is 0.271 e. The molecule has 7 heteroatoms. The normalized spacial score (nSPS) is 12.0. The van der Waals surface area contributed by atoms with E-state index >= 15 is 0 Å². The predicted octanol–water partition coefficient (Wildman–Crippen LogP) is 5.32. The van der Waals surface area contributed by atoms with E-state index in [1.54, 1.807) is 12.1 Å². The zero-order valence-electron chi connectivity index (χ0n) is 10.9. The number of nitrogens with one attached hydrogen (secondary N) is 1. The summed E-state index contributed by atoms with van der Waals surface area (Å²) in [5.74, 6) is -0.410. The summed E-state index contributed by atoms with van der Waals surface area (Å²) in [5.41, 5.74) is 1.26. The molecule has 2 aromatic rings. The lowest BCUT2D eigenvalue weighted by Gasteiger charge is -2.18. The molecular weight excluding hydrogens is 363 g/mol. The fraction of sp³-hybridized carbons (Fsp3) is 0.143. The summed E-state index contributed by atoms with van der Waals surface area (Å²) in [6.07, 6.45) is 0. The summed E-state index contributed by atoms with van der Waals surface area (Å²) >= 11 is 9.34. The third kappa shape index (κ3) is 3.71. The average Bonchev–Trinajstić information content (AvgIpc) is 2.40. The van der Waals surface area contributed by atoms with Crippen LogP contribution in [0.4, 0.5) is 15.8 Å². The van der Waals surface area contributed by atoms with Crippen molar-refractivity contribution in [1.82, 2.24) is 0 Å². The van der Waals surface area contributed by atoms with Crippen LogP contribution in [-0.2, 0) is 0 Å². The molecule has 0 saturated carbocycles. The van der Waals surface area contributed by atoms with E-state index in [4.69, 9.17) is 11.6 Å². The number of rotatable bonds is 4. The van der Waals surface area contributed by atoms with Gasteiger partial charge in [0.2, 0.25) is 0 Å². The maximum atomic E-state index is 13.1. The van der Waals surface area contributed by atoms with Crippen molar-refractivity contribution >= 4 is 38.9 Å². The zero-order valence-corrected chi connectivity index (χ0v) is 13.3. The number of hydrogen-bond acceptors (Lipinski definition) is 3. The van der Waals surface area contributed by atoms with Crippen LogP contribution in [0.1, 0.15) is 18.5 Å². The van der Waals surface area contributed by atoms with Crippen LogP contribution in [-0.4, -0.2) is 4.92 Å². The average molecular weight is 374 g/mol. The molecule has 0 spiro atoms. The minimum Gasteiger partial charge on any atom is -0.377 e. The van der Waals surface area contributed by atoms with Crippen LogP contribution < -0.4 is 5.32 Å². The van der Waals surface area contributed by atoms with E-state index in [9.17, 15) is 14.5 Å². The Hall–Kier alpha value is -1.66. The Bertz CT molecular complexity index is 697. The summed E-state index contributed by atoms with van der Waals surface area (Å²) in [6, 6.07) is 8.33. The van der Waals surface area contributed by atoms with Crippen LogP contribution in [0.3, 0.4) is 0 Å². The Kier molecular flexibility index (Phi) is 4.80. The molecule has 0 aliphatic carbocycles. The standard InChI is InChI=1S/C14H11BrClFN2O2/c1-8(11-4-2-9(17)6-13(11)16)18-14-7-10(19(20)21)3-5-12(14)15/h2-8,18H,1H3. The number of hydrogen-bond donors (Lipinski definition) is 1. The second-order valence-corrected chi connectivity index (χ2v) is 5.71. The quantitative estimate of drug-likeness (QED) is 0.582. The zero-order chi connectivity index (χ0) is 15.6. The van der Waals surface area contributed by atoms with Crippen molar-refractivity contribution in [2.45, 2.75) is 13.0 Å². The van der Waals surface area contributed by atoms with Crippen molar-refractivity contribution in [3.05, 3.63) is 67.4 Å². The fourth-order valence-electron chi connectivity index (χ4n) is 1.90. The Balaban J connectivity index is 2.28. The van der Waals surface area contributed by atoms with E-state index in [2.05, 4.69) is 21.2 Å². The summed E-state index contributed by atoms with van der Waals surface area (Å²) in [4.78, 5) is 10.3. The van der Waals surface area contributed by atoms with Gasteiger partial charge in [-0.05, 0) is 46.6 Å². The van der Waals surface area contributed by atoms with Gasteiger partial charge in [0, 0.05) is 21.6 Å². The van der Waals surface area contributed by atoms with Crippen LogP contribution in [0.25, 0.3) is 0 Å². The molecule has 110 valence electrons. The molecule has 0 radical (unpaired) electrons. The number of nitro groups is 1. The molecule has 4 nitrogen and oxygen atoms in total. The van der Waals surface area contributed by atoms with Gasteiger partial charge in [0.25, 0.3) is 5.69 Å². The number of anilines is 1. The topological polar surface area (TPSA) is 55.2 Å². The Morgan fingerprint density at radius 2 is 2.05 bits per heavy atom. The molecule has 0 fully saturated rings. The van der Waals surface area contributed by atoms with Crippen molar-refractivity contribution in [2.24, 2.45) is 0 Å². The van der Waals surface area contributed by atoms with Gasteiger partial charge < -0.3 is 5.32 Å². The highest BCUT2D eigenvalue weighted by atomic mass is 79.9. The second kappa shape index (κ2) is 6.41. The summed E-state index contributed by atoms with van der Waals surface area (Å²) in [6.45, 7) is 1.84. The summed E-state index contributed by atoms with van der Waals surface area (Å²) in [5, 5.41) is 14.2. The minimum atomic E-state index is -0.465. The van der Waals surface area contributed by atoms with Crippen LogP contribution in [0, 0.1) is 15.9 Å². The van der Waals surface area contributed by atoms with E-state index in [0.717, 1.165) is 0 Å². The predicted molar refractivity (Wildman–Crippen MR) is 84.2 cm³/mol. The number of halogens is 3. The molecule has 0 aromatic heterocycles. The molecule has 2 rings (SSSR count).